The second kappa shape index (κ2) is 4.41. The highest BCUT2D eigenvalue weighted by Gasteiger charge is 2.41. The molecule has 0 bridgehead atoms. The van der Waals surface area contributed by atoms with Crippen LogP contribution in [0.3, 0.4) is 0 Å². The van der Waals surface area contributed by atoms with Gasteiger partial charge in [-0.15, -0.1) is 0 Å². The van der Waals surface area contributed by atoms with Crippen LogP contribution in [0, 0.1) is 0 Å². The summed E-state index contributed by atoms with van der Waals surface area (Å²) in [5.74, 6) is -0.855. The van der Waals surface area contributed by atoms with Crippen LogP contribution in [0.1, 0.15) is 25.7 Å². The average molecular weight is 226 g/mol. The minimum absolute atomic E-state index is 0.00134. The standard InChI is InChI=1S/C11H18N2O3/c1-12-6-4-8-2-3-9(11(15)16)13(8)10(14)5-7-12/h8-9H,2-7H2,1H3,(H,15,16)/t8-,9+/m1/s1. The number of carboxylic acid groups (broad SMARTS) is 1. The van der Waals surface area contributed by atoms with E-state index in [-0.39, 0.29) is 11.9 Å². The number of rotatable bonds is 1. The highest BCUT2D eigenvalue weighted by atomic mass is 16.4. The van der Waals surface area contributed by atoms with Gasteiger partial charge in [0.15, 0.2) is 0 Å². The molecule has 0 spiro atoms. The Labute approximate surface area is 95.0 Å². The first-order chi connectivity index (χ1) is 7.59. The number of aliphatic carboxylic acids is 1. The molecule has 0 saturated carbocycles. The summed E-state index contributed by atoms with van der Waals surface area (Å²) in [4.78, 5) is 26.8. The quantitative estimate of drug-likeness (QED) is 0.691. The molecule has 2 fully saturated rings. The molecule has 0 aromatic rings. The molecule has 2 saturated heterocycles. The Morgan fingerprint density at radius 2 is 2.06 bits per heavy atom. The molecule has 2 heterocycles. The van der Waals surface area contributed by atoms with Crippen LogP contribution in [0.15, 0.2) is 0 Å². The van der Waals surface area contributed by atoms with Crippen LogP contribution in [-0.4, -0.2) is 59.0 Å². The van der Waals surface area contributed by atoms with Crippen molar-refractivity contribution in [3.63, 3.8) is 0 Å². The lowest BCUT2D eigenvalue weighted by Gasteiger charge is -2.32. The summed E-state index contributed by atoms with van der Waals surface area (Å²) >= 11 is 0. The molecule has 2 atom stereocenters. The van der Waals surface area contributed by atoms with Crippen molar-refractivity contribution >= 4 is 11.9 Å². The Morgan fingerprint density at radius 3 is 2.75 bits per heavy atom. The third kappa shape index (κ3) is 2.04. The van der Waals surface area contributed by atoms with E-state index in [1.54, 1.807) is 4.90 Å². The number of carbonyl (C=O) groups is 2. The zero-order valence-corrected chi connectivity index (χ0v) is 9.56. The smallest absolute Gasteiger partial charge is 0.326 e. The highest BCUT2D eigenvalue weighted by Crippen LogP contribution is 2.28. The van der Waals surface area contributed by atoms with Gasteiger partial charge in [-0.05, 0) is 32.9 Å². The van der Waals surface area contributed by atoms with Crippen LogP contribution in [0.5, 0.6) is 0 Å². The van der Waals surface area contributed by atoms with E-state index in [2.05, 4.69) is 4.90 Å². The van der Waals surface area contributed by atoms with Crippen molar-refractivity contribution in [1.82, 2.24) is 9.80 Å². The van der Waals surface area contributed by atoms with Gasteiger partial charge in [-0.2, -0.15) is 0 Å². The van der Waals surface area contributed by atoms with E-state index in [0.29, 0.717) is 12.8 Å². The number of nitrogens with zero attached hydrogens (tertiary/aromatic N) is 2. The van der Waals surface area contributed by atoms with Gasteiger partial charge in [0.05, 0.1) is 0 Å². The molecule has 1 amide bonds. The SMILES string of the molecule is CN1CCC(=O)N2[C@H](CC[C@H]2C(=O)O)CC1. The first-order valence-corrected chi connectivity index (χ1v) is 5.82. The van der Waals surface area contributed by atoms with E-state index in [4.69, 9.17) is 5.11 Å². The molecule has 0 aliphatic carbocycles. The summed E-state index contributed by atoms with van der Waals surface area (Å²) in [5, 5.41) is 9.08. The highest BCUT2D eigenvalue weighted by molar-refractivity contribution is 5.84. The number of amides is 1. The van der Waals surface area contributed by atoms with Crippen molar-refractivity contribution < 1.29 is 14.7 Å². The summed E-state index contributed by atoms with van der Waals surface area (Å²) in [6, 6.07) is -0.447. The molecule has 2 aliphatic heterocycles. The Hall–Kier alpha value is -1.10. The van der Waals surface area contributed by atoms with Gasteiger partial charge in [0.2, 0.25) is 5.91 Å². The molecule has 2 rings (SSSR count). The first-order valence-electron chi connectivity index (χ1n) is 5.82. The second-order valence-electron chi connectivity index (χ2n) is 4.73. The average Bonchev–Trinajstić information content (AvgIpc) is 2.64. The van der Waals surface area contributed by atoms with Gasteiger partial charge in [0, 0.05) is 19.0 Å². The van der Waals surface area contributed by atoms with Gasteiger partial charge >= 0.3 is 5.97 Å². The largest absolute Gasteiger partial charge is 0.480 e. The topological polar surface area (TPSA) is 60.9 Å². The number of hydrogen-bond acceptors (Lipinski definition) is 3. The third-order valence-electron chi connectivity index (χ3n) is 3.63. The Balaban J connectivity index is 2.14. The summed E-state index contributed by atoms with van der Waals surface area (Å²) < 4.78 is 0. The van der Waals surface area contributed by atoms with Gasteiger partial charge < -0.3 is 14.9 Å². The fraction of sp³-hybridized carbons (Fsp3) is 0.818. The van der Waals surface area contributed by atoms with E-state index in [0.717, 1.165) is 25.9 Å². The van der Waals surface area contributed by atoms with Crippen molar-refractivity contribution in [2.24, 2.45) is 0 Å². The molecular formula is C11H18N2O3. The van der Waals surface area contributed by atoms with E-state index in [1.807, 2.05) is 7.05 Å². The number of carboxylic acids is 1. The number of carbonyl (C=O) groups excluding carboxylic acids is 1. The summed E-state index contributed by atoms with van der Waals surface area (Å²) in [7, 11) is 2.01. The van der Waals surface area contributed by atoms with Crippen molar-refractivity contribution in [3.8, 4) is 0 Å². The molecule has 0 radical (unpaired) electrons. The molecule has 2 aliphatic rings. The zero-order chi connectivity index (χ0) is 11.7. The molecule has 1 N–H and O–H groups in total. The third-order valence-corrected chi connectivity index (χ3v) is 3.63. The maximum Gasteiger partial charge on any atom is 0.326 e. The first kappa shape index (κ1) is 11.4. The Morgan fingerprint density at radius 1 is 1.31 bits per heavy atom. The number of fused-ring (bicyclic) bond motifs is 1. The monoisotopic (exact) mass is 226 g/mol. The van der Waals surface area contributed by atoms with E-state index in [1.165, 1.54) is 0 Å². The Kier molecular flexibility index (Phi) is 3.14. The molecular weight excluding hydrogens is 208 g/mol. The van der Waals surface area contributed by atoms with Crippen LogP contribution in [0.25, 0.3) is 0 Å². The molecule has 90 valence electrons. The predicted octanol–water partition coefficient (Wildman–Crippen LogP) is 0.156. The summed E-state index contributed by atoms with van der Waals surface area (Å²) in [6.07, 6.45) is 2.77. The molecule has 5 heteroatoms. The minimum atomic E-state index is -0.857. The summed E-state index contributed by atoms with van der Waals surface area (Å²) in [6.45, 7) is 1.68. The lowest BCUT2D eigenvalue weighted by Crippen LogP contribution is -2.48. The molecule has 0 unspecified atom stereocenters. The maximum atomic E-state index is 11.9. The van der Waals surface area contributed by atoms with Gasteiger partial charge in [-0.3, -0.25) is 4.79 Å². The van der Waals surface area contributed by atoms with Crippen molar-refractivity contribution in [3.05, 3.63) is 0 Å². The van der Waals surface area contributed by atoms with Crippen LogP contribution >= 0.6 is 0 Å². The molecule has 16 heavy (non-hydrogen) atoms. The normalized spacial score (nSPS) is 32.1. The van der Waals surface area contributed by atoms with E-state index < -0.39 is 12.0 Å². The second-order valence-corrected chi connectivity index (χ2v) is 4.73. The number of hydrogen-bond donors (Lipinski definition) is 1. The molecule has 5 nitrogen and oxygen atoms in total. The maximum absolute atomic E-state index is 11.9. The Bertz CT molecular complexity index is 306. The molecule has 0 aromatic carbocycles. The van der Waals surface area contributed by atoms with Crippen LogP contribution in [0.2, 0.25) is 0 Å². The van der Waals surface area contributed by atoms with Gasteiger partial charge in [-0.1, -0.05) is 0 Å². The lowest BCUT2D eigenvalue weighted by molar-refractivity contribution is -0.150. The van der Waals surface area contributed by atoms with E-state index in [9.17, 15) is 9.59 Å². The van der Waals surface area contributed by atoms with Crippen molar-refractivity contribution in [1.29, 1.82) is 0 Å². The molecule has 0 aromatic heterocycles. The fourth-order valence-corrected chi connectivity index (χ4v) is 2.68. The fourth-order valence-electron chi connectivity index (χ4n) is 2.68. The minimum Gasteiger partial charge on any atom is -0.480 e. The lowest BCUT2D eigenvalue weighted by atomic mass is 10.1. The van der Waals surface area contributed by atoms with Gasteiger partial charge in [0.25, 0.3) is 0 Å². The summed E-state index contributed by atoms with van der Waals surface area (Å²) in [5.41, 5.74) is 0. The van der Waals surface area contributed by atoms with Gasteiger partial charge in [0.1, 0.15) is 6.04 Å². The van der Waals surface area contributed by atoms with Crippen molar-refractivity contribution in [2.45, 2.75) is 37.8 Å². The van der Waals surface area contributed by atoms with Gasteiger partial charge in [-0.25, -0.2) is 4.79 Å². The zero-order valence-electron chi connectivity index (χ0n) is 9.56. The van der Waals surface area contributed by atoms with Crippen LogP contribution in [-0.2, 0) is 9.59 Å². The van der Waals surface area contributed by atoms with Crippen molar-refractivity contribution in [2.75, 3.05) is 20.1 Å². The van der Waals surface area contributed by atoms with Crippen LogP contribution < -0.4 is 0 Å². The predicted molar refractivity (Wildman–Crippen MR) is 58.0 cm³/mol. The van der Waals surface area contributed by atoms with E-state index >= 15 is 0 Å². The van der Waals surface area contributed by atoms with Crippen LogP contribution in [0.4, 0.5) is 0 Å².